The lowest BCUT2D eigenvalue weighted by atomic mass is 10.2. The minimum Gasteiger partial charge on any atom is -0.497 e. The summed E-state index contributed by atoms with van der Waals surface area (Å²) >= 11 is 1.49. The van der Waals surface area contributed by atoms with Crippen molar-refractivity contribution in [3.8, 4) is 11.5 Å². The molecule has 0 saturated carbocycles. The summed E-state index contributed by atoms with van der Waals surface area (Å²) in [6.07, 6.45) is 0. The summed E-state index contributed by atoms with van der Waals surface area (Å²) in [6, 6.07) is 21.7. The van der Waals surface area contributed by atoms with Crippen molar-refractivity contribution in [3.05, 3.63) is 72.3 Å². The maximum absolute atomic E-state index is 8.36. The number of aromatic nitrogens is 2. The third-order valence-corrected chi connectivity index (χ3v) is 5.22. The van der Waals surface area contributed by atoms with Gasteiger partial charge >= 0.3 is 0 Å². The van der Waals surface area contributed by atoms with E-state index in [1.54, 1.807) is 14.2 Å². The molecule has 4 rings (SSSR count). The predicted molar refractivity (Wildman–Crippen MR) is 132 cm³/mol. The maximum Gasteiger partial charge on any atom is 0.290 e. The number of carbonyl (C=O) groups is 1. The van der Waals surface area contributed by atoms with Crippen molar-refractivity contribution in [1.29, 1.82) is 0 Å². The van der Waals surface area contributed by atoms with Crippen LogP contribution in [-0.2, 0) is 4.79 Å². The van der Waals surface area contributed by atoms with E-state index in [4.69, 9.17) is 29.3 Å². The predicted octanol–water partition coefficient (Wildman–Crippen LogP) is 5.52. The molecular formula is C24H24N4O4S. The number of methoxy groups -OCH3 is 2. The minimum atomic E-state index is -0.250. The van der Waals surface area contributed by atoms with Crippen LogP contribution in [0.15, 0.2) is 71.6 Å². The summed E-state index contributed by atoms with van der Waals surface area (Å²) in [4.78, 5) is 19.0. The van der Waals surface area contributed by atoms with Crippen LogP contribution in [0.25, 0.3) is 11.0 Å². The van der Waals surface area contributed by atoms with Gasteiger partial charge < -0.3 is 24.6 Å². The van der Waals surface area contributed by atoms with Crippen molar-refractivity contribution in [2.24, 2.45) is 0 Å². The fraction of sp³-hybridized carbons (Fsp3) is 0.125. The lowest BCUT2D eigenvalue weighted by Crippen LogP contribution is -2.02. The Morgan fingerprint density at radius 3 is 2.06 bits per heavy atom. The Morgan fingerprint density at radius 2 is 1.48 bits per heavy atom. The van der Waals surface area contributed by atoms with Crippen LogP contribution in [0.4, 0.5) is 17.3 Å². The largest absolute Gasteiger partial charge is 0.497 e. The van der Waals surface area contributed by atoms with Crippen molar-refractivity contribution in [1.82, 2.24) is 9.97 Å². The summed E-state index contributed by atoms with van der Waals surface area (Å²) in [5.41, 5.74) is 3.62. The van der Waals surface area contributed by atoms with Gasteiger partial charge in [0.25, 0.3) is 6.47 Å². The van der Waals surface area contributed by atoms with Crippen LogP contribution < -0.4 is 19.5 Å². The molecule has 0 atom stereocenters. The number of nitrogens with zero attached hydrogens (tertiary/aromatic N) is 2. The number of fused-ring (bicyclic) bond motifs is 1. The van der Waals surface area contributed by atoms with Gasteiger partial charge in [-0.25, -0.2) is 9.97 Å². The van der Waals surface area contributed by atoms with Crippen LogP contribution in [0.5, 0.6) is 11.5 Å². The second kappa shape index (κ2) is 11.6. The molecular weight excluding hydrogens is 440 g/mol. The highest BCUT2D eigenvalue weighted by atomic mass is 32.2. The van der Waals surface area contributed by atoms with Gasteiger partial charge in [-0.15, -0.1) is 0 Å². The van der Waals surface area contributed by atoms with Gasteiger partial charge in [-0.05, 0) is 48.7 Å². The van der Waals surface area contributed by atoms with Gasteiger partial charge in [-0.1, -0.05) is 24.3 Å². The number of benzene rings is 3. The highest BCUT2D eigenvalue weighted by molar-refractivity contribution is 8.00. The first-order chi connectivity index (χ1) is 16.1. The van der Waals surface area contributed by atoms with E-state index in [9.17, 15) is 0 Å². The lowest BCUT2D eigenvalue weighted by molar-refractivity contribution is -0.122. The zero-order valence-corrected chi connectivity index (χ0v) is 19.2. The second-order valence-corrected chi connectivity index (χ2v) is 7.64. The average molecular weight is 465 g/mol. The van der Waals surface area contributed by atoms with Crippen LogP contribution in [0.3, 0.4) is 0 Å². The molecule has 3 aromatic carbocycles. The quantitative estimate of drug-likeness (QED) is 0.241. The molecule has 4 aromatic rings. The van der Waals surface area contributed by atoms with Crippen molar-refractivity contribution in [2.75, 3.05) is 24.3 Å². The van der Waals surface area contributed by atoms with Crippen LogP contribution in [0.1, 0.15) is 5.56 Å². The highest BCUT2D eigenvalue weighted by Gasteiger charge is 2.11. The summed E-state index contributed by atoms with van der Waals surface area (Å²) in [7, 11) is 3.25. The van der Waals surface area contributed by atoms with Gasteiger partial charge in [-0.3, -0.25) is 4.79 Å². The van der Waals surface area contributed by atoms with E-state index in [1.807, 2.05) is 48.5 Å². The second-order valence-electron chi connectivity index (χ2n) is 6.76. The maximum atomic E-state index is 8.36. The van der Waals surface area contributed by atoms with Gasteiger partial charge in [0.2, 0.25) is 0 Å². The molecule has 1 aromatic heterocycles. The van der Waals surface area contributed by atoms with Crippen LogP contribution in [0.2, 0.25) is 0 Å². The Kier molecular flexibility index (Phi) is 8.31. The average Bonchev–Trinajstić information content (AvgIpc) is 2.83. The van der Waals surface area contributed by atoms with E-state index >= 15 is 0 Å². The molecule has 0 radical (unpaired) electrons. The summed E-state index contributed by atoms with van der Waals surface area (Å²) in [5.74, 6) is 2.63. The fourth-order valence-corrected chi connectivity index (χ4v) is 3.71. The first kappa shape index (κ1) is 23.7. The summed E-state index contributed by atoms with van der Waals surface area (Å²) < 4.78 is 14.1. The summed E-state index contributed by atoms with van der Waals surface area (Å²) in [5, 5.41) is 10.2. The van der Waals surface area contributed by atoms with Crippen LogP contribution in [0, 0.1) is 6.92 Å². The van der Waals surface area contributed by atoms with Crippen molar-refractivity contribution < 1.29 is 19.4 Å². The Hall–Kier alpha value is -3.98. The molecule has 0 aliphatic carbocycles. The van der Waals surface area contributed by atoms with Gasteiger partial charge in [0, 0.05) is 28.8 Å². The minimum absolute atomic E-state index is 0.250. The van der Waals surface area contributed by atoms with Gasteiger partial charge in [0.05, 0.1) is 25.3 Å². The van der Waals surface area contributed by atoms with Crippen molar-refractivity contribution in [2.45, 2.75) is 11.8 Å². The first-order valence-corrected chi connectivity index (χ1v) is 10.7. The molecule has 3 N–H and O–H groups in total. The Morgan fingerprint density at radius 1 is 0.879 bits per heavy atom. The van der Waals surface area contributed by atoms with Gasteiger partial charge in [-0.2, -0.15) is 0 Å². The number of ether oxygens (including phenoxy) is 2. The van der Waals surface area contributed by atoms with E-state index in [0.717, 1.165) is 21.6 Å². The molecule has 8 nitrogen and oxygen atoms in total. The van der Waals surface area contributed by atoms with E-state index in [-0.39, 0.29) is 6.47 Å². The number of aryl methyl sites for hydroxylation is 1. The Bertz CT molecular complexity index is 1210. The van der Waals surface area contributed by atoms with Gasteiger partial charge in [0.15, 0.2) is 11.6 Å². The smallest absolute Gasteiger partial charge is 0.290 e. The Labute approximate surface area is 196 Å². The fourth-order valence-electron chi connectivity index (χ4n) is 2.96. The number of rotatable bonds is 7. The molecule has 0 amide bonds. The lowest BCUT2D eigenvalue weighted by Gasteiger charge is -2.14. The van der Waals surface area contributed by atoms with Crippen LogP contribution in [-0.4, -0.2) is 35.8 Å². The standard InChI is InChI=1S/C23H22N4O2S.CH2O2/c1-15-7-6-8-19(11-15)30-27-23-22(25-20-9-4-5-10-21(20)26-23)24-16-12-17(28-2)14-18(13-16)29-3;2-1-3/h4-14H,1-3H3,(H,24,25)(H,26,27);1H,(H,2,3). The van der Waals surface area contributed by atoms with Crippen LogP contribution >= 0.6 is 11.9 Å². The third kappa shape index (κ3) is 6.50. The molecule has 0 spiro atoms. The number of nitrogens with one attached hydrogen (secondary N) is 2. The molecule has 0 fully saturated rings. The zero-order chi connectivity index (χ0) is 23.6. The number of carboxylic acid groups (broad SMARTS) is 1. The number of hydrogen-bond acceptors (Lipinski definition) is 8. The Balaban J connectivity index is 0.000000968. The zero-order valence-electron chi connectivity index (χ0n) is 18.4. The molecule has 170 valence electrons. The topological polar surface area (TPSA) is 106 Å². The van der Waals surface area contributed by atoms with E-state index in [1.165, 1.54) is 17.5 Å². The number of anilines is 3. The molecule has 9 heteroatoms. The molecule has 0 bridgehead atoms. The van der Waals surface area contributed by atoms with Crippen molar-refractivity contribution in [3.63, 3.8) is 0 Å². The molecule has 0 unspecified atom stereocenters. The summed E-state index contributed by atoms with van der Waals surface area (Å²) in [6.45, 7) is 1.82. The first-order valence-electron chi connectivity index (χ1n) is 9.90. The molecule has 0 aliphatic rings. The molecule has 33 heavy (non-hydrogen) atoms. The monoisotopic (exact) mass is 464 g/mol. The third-order valence-electron chi connectivity index (χ3n) is 4.44. The normalized spacial score (nSPS) is 10.0. The molecule has 0 saturated heterocycles. The van der Waals surface area contributed by atoms with E-state index in [0.29, 0.717) is 23.1 Å². The van der Waals surface area contributed by atoms with Crippen molar-refractivity contribution >= 4 is 46.8 Å². The van der Waals surface area contributed by atoms with E-state index in [2.05, 4.69) is 35.2 Å². The number of hydrogen-bond donors (Lipinski definition) is 3. The highest BCUT2D eigenvalue weighted by Crippen LogP contribution is 2.32. The number of para-hydroxylation sites is 2. The van der Waals surface area contributed by atoms with E-state index < -0.39 is 0 Å². The molecule has 1 heterocycles. The SMILES string of the molecule is COc1cc(Nc2nc3ccccc3nc2NSc2cccc(C)c2)cc(OC)c1.O=CO. The molecule has 0 aliphatic heterocycles. The van der Waals surface area contributed by atoms with Gasteiger partial charge in [0.1, 0.15) is 11.5 Å².